The highest BCUT2D eigenvalue weighted by Crippen LogP contribution is 2.13. The molecule has 0 saturated carbocycles. The molecule has 0 aliphatic carbocycles. The Balaban J connectivity index is 0.00000312. The largest absolute Gasteiger partial charge is 0.351 e. The van der Waals surface area contributed by atoms with Crippen molar-refractivity contribution < 1.29 is 9.59 Å². The highest BCUT2D eigenvalue weighted by molar-refractivity contribution is 5.97. The number of halogens is 1. The average Bonchev–Trinajstić information content (AvgIpc) is 2.59. The Labute approximate surface area is 156 Å². The fourth-order valence-electron chi connectivity index (χ4n) is 3.07. The summed E-state index contributed by atoms with van der Waals surface area (Å²) in [6.07, 6.45) is 2.68. The van der Waals surface area contributed by atoms with E-state index in [1.165, 1.54) is 0 Å². The van der Waals surface area contributed by atoms with E-state index in [9.17, 15) is 9.59 Å². The van der Waals surface area contributed by atoms with Gasteiger partial charge in [0.25, 0.3) is 5.91 Å². The summed E-state index contributed by atoms with van der Waals surface area (Å²) < 4.78 is 0. The molecule has 1 aromatic carbocycles. The number of piperidine rings is 1. The average molecular weight is 368 g/mol. The molecule has 0 bridgehead atoms. The predicted octanol–water partition coefficient (Wildman–Crippen LogP) is 2.51. The van der Waals surface area contributed by atoms with Gasteiger partial charge in [-0.3, -0.25) is 9.59 Å². The molecule has 0 spiro atoms. The Morgan fingerprint density at radius 1 is 1.28 bits per heavy atom. The molecule has 1 aromatic rings. The highest BCUT2D eigenvalue weighted by Gasteiger charge is 2.29. The predicted molar refractivity (Wildman–Crippen MR) is 103 cm³/mol. The summed E-state index contributed by atoms with van der Waals surface area (Å²) in [5.41, 5.74) is 0.578. The van der Waals surface area contributed by atoms with E-state index in [1.807, 2.05) is 32.0 Å². The number of rotatable bonds is 6. The van der Waals surface area contributed by atoms with Crippen molar-refractivity contribution in [2.75, 3.05) is 6.54 Å². The lowest BCUT2D eigenvalue weighted by atomic mass is 9.95. The van der Waals surface area contributed by atoms with Gasteiger partial charge in [-0.2, -0.15) is 0 Å². The van der Waals surface area contributed by atoms with Crippen molar-refractivity contribution in [3.05, 3.63) is 35.9 Å². The summed E-state index contributed by atoms with van der Waals surface area (Å²) in [7, 11) is 0. The van der Waals surface area contributed by atoms with Crippen LogP contribution in [-0.2, 0) is 4.79 Å². The molecule has 1 fully saturated rings. The van der Waals surface area contributed by atoms with Crippen LogP contribution in [0.4, 0.5) is 0 Å². The maximum absolute atomic E-state index is 12.7. The summed E-state index contributed by atoms with van der Waals surface area (Å²) >= 11 is 0. The van der Waals surface area contributed by atoms with Crippen LogP contribution in [0.5, 0.6) is 0 Å². The van der Waals surface area contributed by atoms with Gasteiger partial charge in [0, 0.05) is 17.6 Å². The molecule has 1 aliphatic rings. The topological polar surface area (TPSA) is 70.2 Å². The first-order valence-electron chi connectivity index (χ1n) is 8.91. The molecular formula is C19H30ClN3O2. The van der Waals surface area contributed by atoms with E-state index in [2.05, 4.69) is 22.9 Å². The molecule has 0 radical (unpaired) electrons. The molecule has 140 valence electrons. The number of hydrogen-bond acceptors (Lipinski definition) is 3. The van der Waals surface area contributed by atoms with Crippen molar-refractivity contribution in [1.29, 1.82) is 0 Å². The van der Waals surface area contributed by atoms with Crippen LogP contribution in [-0.4, -0.2) is 36.5 Å². The van der Waals surface area contributed by atoms with E-state index in [1.54, 1.807) is 12.1 Å². The summed E-state index contributed by atoms with van der Waals surface area (Å²) in [6, 6.07) is 9.11. The van der Waals surface area contributed by atoms with E-state index in [0.717, 1.165) is 25.8 Å². The minimum absolute atomic E-state index is 0. The molecule has 4 atom stereocenters. The Kier molecular flexibility index (Phi) is 8.93. The van der Waals surface area contributed by atoms with Gasteiger partial charge in [0.05, 0.1) is 0 Å². The van der Waals surface area contributed by atoms with Crippen molar-refractivity contribution in [3.8, 4) is 0 Å². The standard InChI is InChI=1S/C19H29N3O2.ClH/c1-4-13(2)17(22-18(23)15-8-6-5-7-9-15)19(24)21-16-10-11-20-14(3)12-16;/h5-9,13-14,16-17,20H,4,10-12H2,1-3H3,(H,21,24)(H,22,23);1H. The van der Waals surface area contributed by atoms with Crippen LogP contribution in [0.25, 0.3) is 0 Å². The van der Waals surface area contributed by atoms with Crippen molar-refractivity contribution in [2.24, 2.45) is 5.92 Å². The third kappa shape index (κ3) is 6.33. The minimum atomic E-state index is -0.507. The van der Waals surface area contributed by atoms with Crippen molar-refractivity contribution in [1.82, 2.24) is 16.0 Å². The van der Waals surface area contributed by atoms with Crippen molar-refractivity contribution in [3.63, 3.8) is 0 Å². The van der Waals surface area contributed by atoms with Crippen LogP contribution in [0.15, 0.2) is 30.3 Å². The zero-order chi connectivity index (χ0) is 17.5. The lowest BCUT2D eigenvalue weighted by Crippen LogP contribution is -2.55. The number of benzene rings is 1. The Morgan fingerprint density at radius 2 is 1.96 bits per heavy atom. The number of hydrogen-bond donors (Lipinski definition) is 3. The smallest absolute Gasteiger partial charge is 0.251 e. The Morgan fingerprint density at radius 3 is 2.56 bits per heavy atom. The van der Waals surface area contributed by atoms with Gasteiger partial charge in [-0.15, -0.1) is 12.4 Å². The zero-order valence-corrected chi connectivity index (χ0v) is 16.1. The van der Waals surface area contributed by atoms with Crippen LogP contribution in [0.1, 0.15) is 50.4 Å². The third-order valence-corrected chi connectivity index (χ3v) is 4.79. The molecule has 5 nitrogen and oxygen atoms in total. The first-order valence-corrected chi connectivity index (χ1v) is 8.91. The van der Waals surface area contributed by atoms with E-state index >= 15 is 0 Å². The van der Waals surface area contributed by atoms with Crippen LogP contribution in [0, 0.1) is 5.92 Å². The maximum Gasteiger partial charge on any atom is 0.251 e. The van der Waals surface area contributed by atoms with Crippen molar-refractivity contribution in [2.45, 2.75) is 58.2 Å². The molecule has 25 heavy (non-hydrogen) atoms. The summed E-state index contributed by atoms with van der Waals surface area (Å²) in [6.45, 7) is 7.07. The van der Waals surface area contributed by atoms with E-state index in [-0.39, 0.29) is 36.2 Å². The van der Waals surface area contributed by atoms with Gasteiger partial charge in [0.1, 0.15) is 6.04 Å². The second-order valence-corrected chi connectivity index (χ2v) is 6.79. The summed E-state index contributed by atoms with van der Waals surface area (Å²) in [5.74, 6) is -0.195. The van der Waals surface area contributed by atoms with Crippen LogP contribution in [0.2, 0.25) is 0 Å². The Bertz CT molecular complexity index is 553. The molecular weight excluding hydrogens is 338 g/mol. The molecule has 1 saturated heterocycles. The zero-order valence-electron chi connectivity index (χ0n) is 15.2. The fraction of sp³-hybridized carbons (Fsp3) is 0.579. The fourth-order valence-corrected chi connectivity index (χ4v) is 3.07. The van der Waals surface area contributed by atoms with Gasteiger partial charge in [0.2, 0.25) is 5.91 Å². The van der Waals surface area contributed by atoms with E-state index < -0.39 is 6.04 Å². The van der Waals surface area contributed by atoms with Gasteiger partial charge in [0.15, 0.2) is 0 Å². The van der Waals surface area contributed by atoms with Crippen LogP contribution < -0.4 is 16.0 Å². The number of carbonyl (C=O) groups excluding carboxylic acids is 2. The minimum Gasteiger partial charge on any atom is -0.351 e. The third-order valence-electron chi connectivity index (χ3n) is 4.79. The number of amides is 2. The van der Waals surface area contributed by atoms with Gasteiger partial charge < -0.3 is 16.0 Å². The molecule has 1 heterocycles. The highest BCUT2D eigenvalue weighted by atomic mass is 35.5. The van der Waals surface area contributed by atoms with Crippen LogP contribution in [0.3, 0.4) is 0 Å². The normalized spacial score (nSPS) is 22.2. The number of nitrogens with one attached hydrogen (secondary N) is 3. The van der Waals surface area contributed by atoms with E-state index in [4.69, 9.17) is 0 Å². The van der Waals surface area contributed by atoms with Gasteiger partial charge in [-0.05, 0) is 44.4 Å². The first-order chi connectivity index (χ1) is 11.5. The second kappa shape index (κ2) is 10.4. The first kappa shape index (κ1) is 21.5. The molecule has 2 rings (SSSR count). The van der Waals surface area contributed by atoms with Gasteiger partial charge >= 0.3 is 0 Å². The molecule has 0 aromatic heterocycles. The lowest BCUT2D eigenvalue weighted by Gasteiger charge is -2.31. The van der Waals surface area contributed by atoms with Crippen molar-refractivity contribution >= 4 is 24.2 Å². The van der Waals surface area contributed by atoms with E-state index in [0.29, 0.717) is 11.6 Å². The van der Waals surface area contributed by atoms with Gasteiger partial charge in [-0.1, -0.05) is 38.5 Å². The number of carbonyl (C=O) groups is 2. The lowest BCUT2D eigenvalue weighted by molar-refractivity contribution is -0.125. The Hall–Kier alpha value is -1.59. The van der Waals surface area contributed by atoms with Gasteiger partial charge in [-0.25, -0.2) is 0 Å². The SMILES string of the molecule is CCC(C)C(NC(=O)c1ccccc1)C(=O)NC1CCNC(C)C1.Cl. The quantitative estimate of drug-likeness (QED) is 0.723. The molecule has 3 N–H and O–H groups in total. The molecule has 1 aliphatic heterocycles. The molecule has 4 unspecified atom stereocenters. The molecule has 6 heteroatoms. The second-order valence-electron chi connectivity index (χ2n) is 6.79. The monoisotopic (exact) mass is 367 g/mol. The summed E-state index contributed by atoms with van der Waals surface area (Å²) in [4.78, 5) is 25.2. The maximum atomic E-state index is 12.7. The molecule has 2 amide bonds. The summed E-state index contributed by atoms with van der Waals surface area (Å²) in [5, 5.41) is 9.43. The van der Waals surface area contributed by atoms with Crippen LogP contribution >= 0.6 is 12.4 Å².